The maximum absolute atomic E-state index is 12.5. The summed E-state index contributed by atoms with van der Waals surface area (Å²) in [4.78, 5) is 12.5. The smallest absolute Gasteiger partial charge is 0.345 e. The molecular formula is C19H13NO2. The van der Waals surface area contributed by atoms with E-state index in [4.69, 9.17) is 4.74 Å². The Morgan fingerprint density at radius 2 is 1.64 bits per heavy atom. The third-order valence-electron chi connectivity index (χ3n) is 3.69. The van der Waals surface area contributed by atoms with E-state index >= 15 is 0 Å². The van der Waals surface area contributed by atoms with Crippen molar-refractivity contribution in [3.8, 4) is 5.75 Å². The van der Waals surface area contributed by atoms with Gasteiger partial charge in [-0.1, -0.05) is 42.5 Å². The van der Waals surface area contributed by atoms with E-state index in [1.807, 2.05) is 65.3 Å². The van der Waals surface area contributed by atoms with Gasteiger partial charge in [-0.2, -0.15) is 0 Å². The molecule has 2 aromatic carbocycles. The molecule has 0 aliphatic heterocycles. The number of para-hydroxylation sites is 1. The number of rotatable bonds is 2. The first-order valence-electron chi connectivity index (χ1n) is 7.08. The van der Waals surface area contributed by atoms with Crippen LogP contribution in [0.25, 0.3) is 16.3 Å². The molecule has 2 heterocycles. The molecule has 3 nitrogen and oxygen atoms in total. The van der Waals surface area contributed by atoms with Crippen molar-refractivity contribution in [2.24, 2.45) is 0 Å². The summed E-state index contributed by atoms with van der Waals surface area (Å²) >= 11 is 0. The average Bonchev–Trinajstić information content (AvgIpc) is 2.94. The van der Waals surface area contributed by atoms with Gasteiger partial charge in [-0.3, -0.25) is 0 Å². The zero-order valence-electron chi connectivity index (χ0n) is 11.8. The summed E-state index contributed by atoms with van der Waals surface area (Å²) in [7, 11) is 0. The number of hydrogen-bond donors (Lipinski definition) is 0. The molecule has 106 valence electrons. The Balaban J connectivity index is 1.86. The van der Waals surface area contributed by atoms with Crippen LogP contribution in [-0.2, 0) is 0 Å². The van der Waals surface area contributed by atoms with Gasteiger partial charge in [0, 0.05) is 23.2 Å². The lowest BCUT2D eigenvalue weighted by atomic mass is 10.1. The predicted molar refractivity (Wildman–Crippen MR) is 86.3 cm³/mol. The van der Waals surface area contributed by atoms with Crippen molar-refractivity contribution in [2.75, 3.05) is 0 Å². The monoisotopic (exact) mass is 287 g/mol. The molecule has 0 saturated carbocycles. The first kappa shape index (κ1) is 12.7. The number of benzene rings is 2. The highest BCUT2D eigenvalue weighted by Crippen LogP contribution is 2.25. The van der Waals surface area contributed by atoms with Crippen LogP contribution in [0.5, 0.6) is 5.75 Å². The van der Waals surface area contributed by atoms with Gasteiger partial charge < -0.3 is 9.14 Å². The molecule has 4 aromatic rings. The van der Waals surface area contributed by atoms with E-state index in [0.717, 1.165) is 16.3 Å². The lowest BCUT2D eigenvalue weighted by molar-refractivity contribution is 0.0736. The molecule has 0 fully saturated rings. The van der Waals surface area contributed by atoms with Gasteiger partial charge in [0.25, 0.3) is 0 Å². The number of carbonyl (C=O) groups excluding carboxylic acids is 1. The van der Waals surface area contributed by atoms with Crippen molar-refractivity contribution in [1.82, 2.24) is 4.40 Å². The Labute approximate surface area is 127 Å². The summed E-state index contributed by atoms with van der Waals surface area (Å²) in [5.41, 5.74) is 1.44. The average molecular weight is 287 g/mol. The van der Waals surface area contributed by atoms with Crippen molar-refractivity contribution in [2.45, 2.75) is 0 Å². The van der Waals surface area contributed by atoms with Gasteiger partial charge in [0.1, 0.15) is 5.75 Å². The summed E-state index contributed by atoms with van der Waals surface area (Å²) in [5.74, 6) is 0.200. The highest BCUT2D eigenvalue weighted by atomic mass is 16.5. The summed E-state index contributed by atoms with van der Waals surface area (Å²) in [6, 6.07) is 20.8. The molecule has 0 atom stereocenters. The number of carbonyl (C=O) groups is 1. The molecule has 0 amide bonds. The van der Waals surface area contributed by atoms with Gasteiger partial charge in [-0.05, 0) is 24.3 Å². The molecule has 3 heteroatoms. The Bertz CT molecular complexity index is 970. The number of nitrogens with zero attached hydrogens (tertiary/aromatic N) is 1. The van der Waals surface area contributed by atoms with Gasteiger partial charge >= 0.3 is 5.97 Å². The minimum Gasteiger partial charge on any atom is -0.423 e. The largest absolute Gasteiger partial charge is 0.423 e. The Morgan fingerprint density at radius 3 is 2.50 bits per heavy atom. The van der Waals surface area contributed by atoms with Gasteiger partial charge in [-0.25, -0.2) is 4.79 Å². The van der Waals surface area contributed by atoms with Crippen LogP contribution in [0.15, 0.2) is 79.1 Å². The highest BCUT2D eigenvalue weighted by Gasteiger charge is 2.15. The fourth-order valence-electron chi connectivity index (χ4n) is 2.71. The highest BCUT2D eigenvalue weighted by molar-refractivity contribution is 6.08. The zero-order chi connectivity index (χ0) is 14.9. The molecule has 0 saturated heterocycles. The van der Waals surface area contributed by atoms with Gasteiger partial charge in [0.05, 0.1) is 11.1 Å². The van der Waals surface area contributed by atoms with E-state index in [1.54, 1.807) is 18.2 Å². The third kappa shape index (κ3) is 2.04. The fourth-order valence-corrected chi connectivity index (χ4v) is 2.71. The number of hydrogen-bond acceptors (Lipinski definition) is 2. The fraction of sp³-hybridized carbons (Fsp3) is 0. The third-order valence-corrected chi connectivity index (χ3v) is 3.69. The standard InChI is InChI=1S/C19H13NO2/c21-19(22-15-8-2-1-3-9-15)17-11-6-12-20-13-14-7-4-5-10-16(14)18(17)20/h1-13H. The Kier molecular flexibility index (Phi) is 2.90. The van der Waals surface area contributed by atoms with Crippen LogP contribution in [0, 0.1) is 0 Å². The number of ether oxygens (including phenoxy) is 1. The Morgan fingerprint density at radius 1 is 0.864 bits per heavy atom. The number of esters is 1. The summed E-state index contributed by atoms with van der Waals surface area (Å²) in [6.07, 6.45) is 3.96. The van der Waals surface area contributed by atoms with Crippen LogP contribution in [0.2, 0.25) is 0 Å². The predicted octanol–water partition coefficient (Wildman–Crippen LogP) is 4.31. The van der Waals surface area contributed by atoms with E-state index in [-0.39, 0.29) is 5.97 Å². The summed E-state index contributed by atoms with van der Waals surface area (Å²) < 4.78 is 7.44. The van der Waals surface area contributed by atoms with E-state index < -0.39 is 0 Å². The van der Waals surface area contributed by atoms with E-state index in [1.165, 1.54) is 0 Å². The normalized spacial score (nSPS) is 10.9. The first-order chi connectivity index (χ1) is 10.8. The number of fused-ring (bicyclic) bond motifs is 3. The van der Waals surface area contributed by atoms with E-state index in [9.17, 15) is 4.79 Å². The van der Waals surface area contributed by atoms with Crippen LogP contribution in [-0.4, -0.2) is 10.4 Å². The van der Waals surface area contributed by atoms with Crippen molar-refractivity contribution >= 4 is 22.3 Å². The molecule has 0 unspecified atom stereocenters. The van der Waals surface area contributed by atoms with Crippen molar-refractivity contribution < 1.29 is 9.53 Å². The molecule has 0 radical (unpaired) electrons. The van der Waals surface area contributed by atoms with E-state index in [2.05, 4.69) is 0 Å². The first-order valence-corrected chi connectivity index (χ1v) is 7.08. The second-order valence-electron chi connectivity index (χ2n) is 5.10. The molecule has 4 rings (SSSR count). The second-order valence-corrected chi connectivity index (χ2v) is 5.10. The minimum absolute atomic E-state index is 0.347. The zero-order valence-corrected chi connectivity index (χ0v) is 11.8. The topological polar surface area (TPSA) is 30.7 Å². The molecule has 0 aliphatic rings. The Hall–Kier alpha value is -3.07. The van der Waals surface area contributed by atoms with Gasteiger partial charge in [0.2, 0.25) is 0 Å². The van der Waals surface area contributed by atoms with Gasteiger partial charge in [0.15, 0.2) is 0 Å². The molecule has 0 spiro atoms. The minimum atomic E-state index is -0.347. The SMILES string of the molecule is O=C(Oc1ccccc1)c1cccn2cc3ccccc3c12. The van der Waals surface area contributed by atoms with Crippen LogP contribution >= 0.6 is 0 Å². The number of pyridine rings is 1. The van der Waals surface area contributed by atoms with Crippen LogP contribution < -0.4 is 4.74 Å². The maximum atomic E-state index is 12.5. The quantitative estimate of drug-likeness (QED) is 0.406. The molecule has 0 N–H and O–H groups in total. The molecule has 22 heavy (non-hydrogen) atoms. The molecular weight excluding hydrogens is 274 g/mol. The molecule has 0 bridgehead atoms. The van der Waals surface area contributed by atoms with Crippen LogP contribution in [0.4, 0.5) is 0 Å². The maximum Gasteiger partial charge on any atom is 0.345 e. The second kappa shape index (κ2) is 5.04. The summed E-state index contributed by atoms with van der Waals surface area (Å²) in [5, 5.41) is 2.14. The lowest BCUT2D eigenvalue weighted by Crippen LogP contribution is -2.09. The van der Waals surface area contributed by atoms with Crippen LogP contribution in [0.1, 0.15) is 10.4 Å². The molecule has 0 aliphatic carbocycles. The summed E-state index contributed by atoms with van der Waals surface area (Å²) in [6.45, 7) is 0. The van der Waals surface area contributed by atoms with Gasteiger partial charge in [-0.15, -0.1) is 0 Å². The van der Waals surface area contributed by atoms with E-state index in [0.29, 0.717) is 11.3 Å². The molecule has 2 aromatic heterocycles. The van der Waals surface area contributed by atoms with Crippen LogP contribution in [0.3, 0.4) is 0 Å². The van der Waals surface area contributed by atoms with Crippen molar-refractivity contribution in [3.05, 3.63) is 84.7 Å². The lowest BCUT2D eigenvalue weighted by Gasteiger charge is -2.06. The number of aromatic nitrogens is 1. The van der Waals surface area contributed by atoms with Crippen molar-refractivity contribution in [3.63, 3.8) is 0 Å². The van der Waals surface area contributed by atoms with Crippen molar-refractivity contribution in [1.29, 1.82) is 0 Å².